The average molecular weight is 704 g/mol. The highest BCUT2D eigenvalue weighted by Crippen LogP contribution is 2.48. The summed E-state index contributed by atoms with van der Waals surface area (Å²) < 4.78 is 0. The Bertz CT molecular complexity index is 2890. The Hall–Kier alpha value is -7.10. The summed E-state index contributed by atoms with van der Waals surface area (Å²) in [5.74, 6) is 0. The lowest BCUT2D eigenvalue weighted by Crippen LogP contribution is -2.17. The van der Waals surface area contributed by atoms with Crippen LogP contribution in [0, 0.1) is 0 Å². The Morgan fingerprint density at radius 2 is 1.04 bits per heavy atom. The number of nitrogens with zero attached hydrogens (tertiary/aromatic N) is 1. The molecule has 3 heteroatoms. The van der Waals surface area contributed by atoms with Gasteiger partial charge in [0.25, 0.3) is 0 Å². The number of para-hydroxylation sites is 1. The van der Waals surface area contributed by atoms with Crippen LogP contribution in [-0.2, 0) is 0 Å². The third-order valence-electron chi connectivity index (χ3n) is 11.5. The van der Waals surface area contributed by atoms with Crippen LogP contribution in [0.1, 0.15) is 18.4 Å². The molecule has 2 N–H and O–H groups in total. The van der Waals surface area contributed by atoms with Crippen LogP contribution in [0.25, 0.3) is 71.5 Å². The summed E-state index contributed by atoms with van der Waals surface area (Å²) in [6.45, 7) is 0. The summed E-state index contributed by atoms with van der Waals surface area (Å²) in [6.07, 6.45) is 6.55. The second kappa shape index (κ2) is 12.8. The van der Waals surface area contributed by atoms with E-state index in [1.54, 1.807) is 0 Å². The van der Waals surface area contributed by atoms with Crippen LogP contribution in [0.15, 0.2) is 194 Å². The van der Waals surface area contributed by atoms with Crippen molar-refractivity contribution in [3.63, 3.8) is 0 Å². The number of anilines is 4. The van der Waals surface area contributed by atoms with Crippen molar-refractivity contribution < 1.29 is 0 Å². The number of aromatic amines is 1. The molecular formula is C52H37N3. The third-order valence-corrected chi connectivity index (χ3v) is 11.5. The molecule has 1 aliphatic heterocycles. The number of fused-ring (bicyclic) bond motifs is 6. The molecule has 0 spiro atoms. The van der Waals surface area contributed by atoms with Crippen LogP contribution in [0.2, 0.25) is 0 Å². The summed E-state index contributed by atoms with van der Waals surface area (Å²) in [4.78, 5) is 6.15. The van der Waals surface area contributed by atoms with Crippen molar-refractivity contribution in [2.45, 2.75) is 12.8 Å². The summed E-state index contributed by atoms with van der Waals surface area (Å²) in [6, 6.07) is 63.8. The van der Waals surface area contributed by atoms with E-state index >= 15 is 0 Å². The highest BCUT2D eigenvalue weighted by atomic mass is 15.1. The van der Waals surface area contributed by atoms with Crippen molar-refractivity contribution >= 4 is 60.9 Å². The number of benzene rings is 8. The van der Waals surface area contributed by atoms with Gasteiger partial charge in [-0.3, -0.25) is 0 Å². The normalized spacial score (nSPS) is 13.3. The summed E-state index contributed by atoms with van der Waals surface area (Å²) >= 11 is 0. The fourth-order valence-electron chi connectivity index (χ4n) is 8.73. The van der Waals surface area contributed by atoms with Crippen molar-refractivity contribution in [1.29, 1.82) is 0 Å². The van der Waals surface area contributed by atoms with Crippen LogP contribution >= 0.6 is 0 Å². The van der Waals surface area contributed by atoms with E-state index in [1.165, 1.54) is 82.8 Å². The highest BCUT2D eigenvalue weighted by Gasteiger charge is 2.23. The minimum absolute atomic E-state index is 0.927. The zero-order chi connectivity index (χ0) is 36.3. The SMILES string of the molecule is C1=C(c2ccc3c(c2)-c2cc4c5ccccc5[nH]c4c4cccc(c24)N3)CCC(N(c2ccc(-c3ccccc3)cc2)c2ccc(-c3ccccc3)cc2)=C1. The lowest BCUT2D eigenvalue weighted by Gasteiger charge is -2.30. The van der Waals surface area contributed by atoms with Gasteiger partial charge in [0.2, 0.25) is 0 Å². The van der Waals surface area contributed by atoms with Gasteiger partial charge in [-0.05, 0) is 112 Å². The van der Waals surface area contributed by atoms with E-state index in [0.717, 1.165) is 35.6 Å². The Kier molecular flexibility index (Phi) is 7.31. The molecule has 0 saturated heterocycles. The third kappa shape index (κ3) is 5.35. The molecule has 0 saturated carbocycles. The Morgan fingerprint density at radius 3 is 1.71 bits per heavy atom. The topological polar surface area (TPSA) is 31.1 Å². The zero-order valence-corrected chi connectivity index (χ0v) is 30.3. The first-order chi connectivity index (χ1) is 27.2. The quantitative estimate of drug-likeness (QED) is 0.181. The van der Waals surface area contributed by atoms with E-state index in [4.69, 9.17) is 0 Å². The van der Waals surface area contributed by atoms with Gasteiger partial charge >= 0.3 is 0 Å². The Labute approximate surface area is 320 Å². The van der Waals surface area contributed by atoms with Gasteiger partial charge in [0.1, 0.15) is 0 Å². The maximum absolute atomic E-state index is 3.77. The highest BCUT2D eigenvalue weighted by molar-refractivity contribution is 6.25. The summed E-state index contributed by atoms with van der Waals surface area (Å²) in [5.41, 5.74) is 18.3. The molecule has 2 heterocycles. The van der Waals surface area contributed by atoms with E-state index in [2.05, 4.69) is 203 Å². The first-order valence-electron chi connectivity index (χ1n) is 19.1. The van der Waals surface area contributed by atoms with Gasteiger partial charge in [0.15, 0.2) is 0 Å². The summed E-state index contributed by atoms with van der Waals surface area (Å²) in [5, 5.41) is 8.83. The lowest BCUT2D eigenvalue weighted by molar-refractivity contribution is 0.930. The zero-order valence-electron chi connectivity index (χ0n) is 30.3. The van der Waals surface area contributed by atoms with Crippen LogP contribution in [-0.4, -0.2) is 4.98 Å². The van der Waals surface area contributed by atoms with E-state index in [9.17, 15) is 0 Å². The first-order valence-corrected chi connectivity index (χ1v) is 19.1. The fourth-order valence-corrected chi connectivity index (χ4v) is 8.73. The molecule has 2 aliphatic rings. The van der Waals surface area contributed by atoms with Crippen LogP contribution in [0.5, 0.6) is 0 Å². The average Bonchev–Trinajstić information content (AvgIpc) is 3.64. The molecule has 1 aliphatic carbocycles. The molecule has 260 valence electrons. The van der Waals surface area contributed by atoms with Gasteiger partial charge in [-0.25, -0.2) is 0 Å². The predicted octanol–water partition coefficient (Wildman–Crippen LogP) is 14.4. The van der Waals surface area contributed by atoms with E-state index in [1.807, 2.05) is 0 Å². The lowest BCUT2D eigenvalue weighted by atomic mass is 9.87. The molecule has 55 heavy (non-hydrogen) atoms. The van der Waals surface area contributed by atoms with Crippen LogP contribution in [0.3, 0.4) is 0 Å². The molecule has 1 aromatic heterocycles. The van der Waals surface area contributed by atoms with Crippen molar-refractivity contribution in [2.75, 3.05) is 10.2 Å². The molecule has 9 aromatic rings. The van der Waals surface area contributed by atoms with Crippen LogP contribution < -0.4 is 10.2 Å². The monoisotopic (exact) mass is 703 g/mol. The molecule has 0 fully saturated rings. The first kappa shape index (κ1) is 31.4. The number of hydrogen-bond donors (Lipinski definition) is 2. The number of H-pyrrole nitrogens is 1. The van der Waals surface area contributed by atoms with Gasteiger partial charge in [-0.1, -0.05) is 127 Å². The predicted molar refractivity (Wildman–Crippen MR) is 233 cm³/mol. The molecule has 8 aromatic carbocycles. The molecule has 0 bridgehead atoms. The summed E-state index contributed by atoms with van der Waals surface area (Å²) in [7, 11) is 0. The van der Waals surface area contributed by atoms with Crippen molar-refractivity contribution in [2.24, 2.45) is 0 Å². The Morgan fingerprint density at radius 1 is 0.418 bits per heavy atom. The molecule has 11 rings (SSSR count). The van der Waals surface area contributed by atoms with E-state index in [0.29, 0.717) is 0 Å². The minimum atomic E-state index is 0.927. The molecule has 0 amide bonds. The standard InChI is InChI=1S/C52H37N3/c1-3-10-34(11-4-1)36-18-25-40(26-19-36)55(41-27-20-37(21-28-41)35-12-5-2-6-13-35)42-29-22-38(23-30-42)39-24-31-49-45(32-39)46-33-47-43-14-7-8-16-48(43)54-52(47)44-15-9-17-50(53-49)51(44)46/h1-22,24-29,31-33,53-54H,23,30H2. The molecule has 3 nitrogen and oxygen atoms in total. The van der Waals surface area contributed by atoms with Crippen LogP contribution in [0.4, 0.5) is 22.7 Å². The fraction of sp³-hybridized carbons (Fsp3) is 0.0385. The van der Waals surface area contributed by atoms with E-state index < -0.39 is 0 Å². The largest absolute Gasteiger partial charge is 0.354 e. The minimum Gasteiger partial charge on any atom is -0.354 e. The number of hydrogen-bond acceptors (Lipinski definition) is 2. The maximum Gasteiger partial charge on any atom is 0.0545 e. The second-order valence-corrected chi connectivity index (χ2v) is 14.6. The van der Waals surface area contributed by atoms with Crippen molar-refractivity contribution in [3.8, 4) is 33.4 Å². The molecule has 0 atom stereocenters. The number of allylic oxidation sites excluding steroid dienone is 4. The molecule has 0 unspecified atom stereocenters. The van der Waals surface area contributed by atoms with Gasteiger partial charge in [-0.15, -0.1) is 0 Å². The Balaban J connectivity index is 0.981. The van der Waals surface area contributed by atoms with E-state index in [-0.39, 0.29) is 0 Å². The van der Waals surface area contributed by atoms with Gasteiger partial charge in [-0.2, -0.15) is 0 Å². The maximum atomic E-state index is 3.77. The molecular weight excluding hydrogens is 667 g/mol. The van der Waals surface area contributed by atoms with Crippen molar-refractivity contribution in [1.82, 2.24) is 4.98 Å². The van der Waals surface area contributed by atoms with Gasteiger partial charge in [0, 0.05) is 61.1 Å². The number of aromatic nitrogens is 1. The van der Waals surface area contributed by atoms with Gasteiger partial charge < -0.3 is 15.2 Å². The van der Waals surface area contributed by atoms with Gasteiger partial charge in [0.05, 0.1) is 5.52 Å². The molecule has 0 radical (unpaired) electrons. The number of rotatable bonds is 6. The number of nitrogens with one attached hydrogen (secondary N) is 2. The second-order valence-electron chi connectivity index (χ2n) is 14.6. The van der Waals surface area contributed by atoms with Crippen molar-refractivity contribution in [3.05, 3.63) is 199 Å². The smallest absolute Gasteiger partial charge is 0.0545 e.